The van der Waals surface area contributed by atoms with Crippen LogP contribution in [0.15, 0.2) is 24.3 Å². The Morgan fingerprint density at radius 1 is 1.22 bits per heavy atom. The number of hydrogen-bond acceptors (Lipinski definition) is 1. The van der Waals surface area contributed by atoms with E-state index < -0.39 is 0 Å². The molecule has 1 aliphatic rings. The minimum absolute atomic E-state index is 0.107. The van der Waals surface area contributed by atoms with Gasteiger partial charge in [0, 0.05) is 6.54 Å². The molecule has 1 amide bonds. The van der Waals surface area contributed by atoms with Gasteiger partial charge in [-0.3, -0.25) is 4.79 Å². The van der Waals surface area contributed by atoms with Gasteiger partial charge in [-0.2, -0.15) is 0 Å². The fourth-order valence-corrected chi connectivity index (χ4v) is 2.94. The minimum Gasteiger partial charge on any atom is -0.356 e. The number of benzene rings is 1. The summed E-state index contributed by atoms with van der Waals surface area (Å²) in [6, 6.07) is 8.25. The van der Waals surface area contributed by atoms with Gasteiger partial charge in [-0.25, -0.2) is 0 Å². The zero-order chi connectivity index (χ0) is 12.8. The van der Waals surface area contributed by atoms with Gasteiger partial charge in [-0.1, -0.05) is 59.7 Å². The first kappa shape index (κ1) is 13.8. The Balaban J connectivity index is 1.65. The maximum atomic E-state index is 12.0. The number of unbranched alkanes of at least 4 members (excludes halogenated alkanes) is 3. The molecule has 1 aromatic rings. The maximum Gasteiger partial charge on any atom is 0.227 e. The zero-order valence-electron chi connectivity index (χ0n) is 10.6. The zero-order valence-corrected chi connectivity index (χ0v) is 12.8. The van der Waals surface area contributed by atoms with E-state index in [0.717, 1.165) is 19.4 Å². The number of nitrogens with one attached hydrogen (secondary N) is 1. The topological polar surface area (TPSA) is 29.1 Å². The summed E-state index contributed by atoms with van der Waals surface area (Å²) in [5, 5.41) is 3.06. The average molecular weight is 357 g/mol. The summed E-state index contributed by atoms with van der Waals surface area (Å²) in [4.78, 5) is 12.0. The molecule has 0 spiro atoms. The third-order valence-corrected chi connectivity index (χ3v) is 4.29. The lowest BCUT2D eigenvalue weighted by atomic mass is 9.77. The van der Waals surface area contributed by atoms with Gasteiger partial charge in [0.2, 0.25) is 5.91 Å². The number of rotatable bonds is 7. The molecule has 0 radical (unpaired) electrons. The first-order chi connectivity index (χ1) is 8.83. The van der Waals surface area contributed by atoms with Gasteiger partial charge in [0.05, 0.1) is 5.92 Å². The maximum absolute atomic E-state index is 12.0. The molecule has 0 aromatic heterocycles. The molecule has 1 N–H and O–H groups in total. The summed E-state index contributed by atoms with van der Waals surface area (Å²) in [6.07, 6.45) is 5.83. The number of hydrogen-bond donors (Lipinski definition) is 1. The highest BCUT2D eigenvalue weighted by atomic mass is 127. The highest BCUT2D eigenvalue weighted by Crippen LogP contribution is 2.34. The second-order valence-corrected chi connectivity index (χ2v) is 5.93. The molecule has 98 valence electrons. The van der Waals surface area contributed by atoms with Crippen LogP contribution in [0.4, 0.5) is 0 Å². The molecule has 1 aliphatic carbocycles. The van der Waals surface area contributed by atoms with Crippen molar-refractivity contribution in [1.82, 2.24) is 5.32 Å². The summed E-state index contributed by atoms with van der Waals surface area (Å²) in [5.74, 6) is 0.318. The molecule has 3 heteroatoms. The van der Waals surface area contributed by atoms with E-state index in [4.69, 9.17) is 0 Å². The lowest BCUT2D eigenvalue weighted by Crippen LogP contribution is -2.35. The van der Waals surface area contributed by atoms with Crippen LogP contribution in [0.5, 0.6) is 0 Å². The van der Waals surface area contributed by atoms with E-state index in [1.165, 1.54) is 34.8 Å². The fourth-order valence-electron chi connectivity index (χ4n) is 2.40. The SMILES string of the molecule is O=C(NCCCCCCI)C1Cc2ccccc21. The molecule has 2 rings (SSSR count). The van der Waals surface area contributed by atoms with Crippen molar-refractivity contribution in [2.45, 2.75) is 38.0 Å². The molecule has 1 aromatic carbocycles. The van der Waals surface area contributed by atoms with Crippen molar-refractivity contribution in [3.05, 3.63) is 35.4 Å². The van der Waals surface area contributed by atoms with Crippen molar-refractivity contribution in [3.63, 3.8) is 0 Å². The monoisotopic (exact) mass is 357 g/mol. The van der Waals surface area contributed by atoms with Gasteiger partial charge < -0.3 is 5.32 Å². The second-order valence-electron chi connectivity index (χ2n) is 4.85. The van der Waals surface area contributed by atoms with E-state index in [1.807, 2.05) is 12.1 Å². The molecular formula is C15H20INO. The number of amides is 1. The largest absolute Gasteiger partial charge is 0.356 e. The molecule has 0 fully saturated rings. The van der Waals surface area contributed by atoms with Crippen LogP contribution in [0.2, 0.25) is 0 Å². The highest BCUT2D eigenvalue weighted by Gasteiger charge is 2.31. The van der Waals surface area contributed by atoms with E-state index in [9.17, 15) is 4.79 Å². The lowest BCUT2D eigenvalue weighted by Gasteiger charge is -2.28. The first-order valence-electron chi connectivity index (χ1n) is 6.74. The molecule has 1 atom stereocenters. The van der Waals surface area contributed by atoms with Crippen molar-refractivity contribution < 1.29 is 4.79 Å². The van der Waals surface area contributed by atoms with Gasteiger partial charge in [0.1, 0.15) is 0 Å². The fraction of sp³-hybridized carbons (Fsp3) is 0.533. The Bertz CT molecular complexity index is 405. The minimum atomic E-state index is 0.107. The predicted octanol–water partition coefficient (Wildman–Crippen LogP) is 3.44. The normalized spacial score (nSPS) is 16.8. The quantitative estimate of drug-likeness (QED) is 0.452. The Kier molecular flexibility index (Phi) is 5.47. The molecule has 1 unspecified atom stereocenters. The van der Waals surface area contributed by atoms with Crippen LogP contribution >= 0.6 is 22.6 Å². The van der Waals surface area contributed by atoms with Gasteiger partial charge in [0.15, 0.2) is 0 Å². The van der Waals surface area contributed by atoms with Crippen molar-refractivity contribution in [2.24, 2.45) is 0 Å². The highest BCUT2D eigenvalue weighted by molar-refractivity contribution is 14.1. The molecular weight excluding hydrogens is 337 g/mol. The summed E-state index contributed by atoms with van der Waals surface area (Å²) < 4.78 is 1.24. The van der Waals surface area contributed by atoms with Crippen LogP contribution in [0.1, 0.15) is 42.7 Å². The number of fused-ring (bicyclic) bond motifs is 1. The number of carbonyl (C=O) groups is 1. The Hall–Kier alpha value is -0.580. The van der Waals surface area contributed by atoms with Crippen LogP contribution in [0.3, 0.4) is 0 Å². The van der Waals surface area contributed by atoms with E-state index >= 15 is 0 Å². The number of carbonyl (C=O) groups excluding carboxylic acids is 1. The molecule has 0 saturated carbocycles. The van der Waals surface area contributed by atoms with Crippen LogP contribution in [0, 0.1) is 0 Å². The average Bonchev–Trinajstić information content (AvgIpc) is 2.35. The molecule has 0 bridgehead atoms. The summed E-state index contributed by atoms with van der Waals surface area (Å²) in [6.45, 7) is 0.832. The van der Waals surface area contributed by atoms with Gasteiger partial charge in [-0.05, 0) is 34.8 Å². The van der Waals surface area contributed by atoms with Crippen molar-refractivity contribution in [2.75, 3.05) is 11.0 Å². The number of alkyl halides is 1. The van der Waals surface area contributed by atoms with E-state index in [0.29, 0.717) is 0 Å². The van der Waals surface area contributed by atoms with Crippen LogP contribution < -0.4 is 5.32 Å². The summed E-state index contributed by atoms with van der Waals surface area (Å²) in [5.41, 5.74) is 2.56. The third-order valence-electron chi connectivity index (χ3n) is 3.53. The molecule has 2 nitrogen and oxygen atoms in total. The van der Waals surface area contributed by atoms with Gasteiger partial charge in [-0.15, -0.1) is 0 Å². The Morgan fingerprint density at radius 2 is 2.00 bits per heavy atom. The van der Waals surface area contributed by atoms with E-state index in [2.05, 4.69) is 40.0 Å². The molecule has 0 saturated heterocycles. The van der Waals surface area contributed by atoms with Crippen LogP contribution in [-0.2, 0) is 11.2 Å². The Morgan fingerprint density at radius 3 is 2.78 bits per heavy atom. The summed E-state index contributed by atoms with van der Waals surface area (Å²) >= 11 is 2.41. The molecule has 18 heavy (non-hydrogen) atoms. The van der Waals surface area contributed by atoms with Crippen LogP contribution in [-0.4, -0.2) is 16.9 Å². The van der Waals surface area contributed by atoms with Crippen molar-refractivity contribution in [1.29, 1.82) is 0 Å². The van der Waals surface area contributed by atoms with Crippen molar-refractivity contribution >= 4 is 28.5 Å². The molecule has 0 heterocycles. The predicted molar refractivity (Wildman–Crippen MR) is 83.3 cm³/mol. The second kappa shape index (κ2) is 7.12. The third kappa shape index (κ3) is 3.46. The number of halogens is 1. The Labute approximate surface area is 123 Å². The first-order valence-corrected chi connectivity index (χ1v) is 8.27. The standard InChI is InChI=1S/C15H20INO/c16-9-5-1-2-6-10-17-15(18)14-11-12-7-3-4-8-13(12)14/h3-4,7-8,14H,1-2,5-6,9-11H2,(H,17,18). The lowest BCUT2D eigenvalue weighted by molar-refractivity contribution is -0.123. The van der Waals surface area contributed by atoms with E-state index in [-0.39, 0.29) is 11.8 Å². The van der Waals surface area contributed by atoms with Crippen molar-refractivity contribution in [3.8, 4) is 0 Å². The van der Waals surface area contributed by atoms with Gasteiger partial charge in [0.25, 0.3) is 0 Å². The summed E-state index contributed by atoms with van der Waals surface area (Å²) in [7, 11) is 0. The molecule has 0 aliphatic heterocycles. The van der Waals surface area contributed by atoms with E-state index in [1.54, 1.807) is 0 Å². The smallest absolute Gasteiger partial charge is 0.227 e. The van der Waals surface area contributed by atoms with Gasteiger partial charge >= 0.3 is 0 Å². The van der Waals surface area contributed by atoms with Crippen LogP contribution in [0.25, 0.3) is 0 Å².